The number of carbonyl (C=O) groups excluding carboxylic acids is 2. The molecule has 2 aromatic carbocycles. The first-order valence-corrected chi connectivity index (χ1v) is 11.5. The van der Waals surface area contributed by atoms with Crippen molar-refractivity contribution in [2.24, 2.45) is 0 Å². The van der Waals surface area contributed by atoms with E-state index in [2.05, 4.69) is 22.6 Å². The molecular formula is C26H29N5O3. The molecule has 0 saturated carbocycles. The Morgan fingerprint density at radius 1 is 1.09 bits per heavy atom. The number of rotatable bonds is 10. The molecule has 0 fully saturated rings. The summed E-state index contributed by atoms with van der Waals surface area (Å²) in [6, 6.07) is 18.0. The predicted molar refractivity (Wildman–Crippen MR) is 129 cm³/mol. The Labute approximate surface area is 198 Å². The van der Waals surface area contributed by atoms with Gasteiger partial charge < -0.3 is 14.6 Å². The molecular weight excluding hydrogens is 430 g/mol. The maximum atomic E-state index is 13.7. The number of nitrogens with one attached hydrogen (secondary N) is 1. The van der Waals surface area contributed by atoms with E-state index in [-0.39, 0.29) is 24.9 Å². The Bertz CT molecular complexity index is 1250. The highest BCUT2D eigenvalue weighted by Crippen LogP contribution is 2.26. The molecule has 0 aliphatic carbocycles. The lowest BCUT2D eigenvalue weighted by Crippen LogP contribution is -2.45. The molecule has 1 N–H and O–H groups in total. The van der Waals surface area contributed by atoms with E-state index < -0.39 is 6.04 Å². The van der Waals surface area contributed by atoms with Crippen molar-refractivity contribution < 1.29 is 14.0 Å². The van der Waals surface area contributed by atoms with Gasteiger partial charge in [-0.15, -0.1) is 5.10 Å². The van der Waals surface area contributed by atoms with Gasteiger partial charge in [0, 0.05) is 6.54 Å². The van der Waals surface area contributed by atoms with Crippen molar-refractivity contribution in [3.63, 3.8) is 0 Å². The zero-order valence-electron chi connectivity index (χ0n) is 19.5. The number of carbonyl (C=O) groups is 2. The van der Waals surface area contributed by atoms with Crippen LogP contribution in [-0.2, 0) is 22.7 Å². The van der Waals surface area contributed by atoms with Gasteiger partial charge in [0.1, 0.15) is 23.9 Å². The van der Waals surface area contributed by atoms with Crippen molar-refractivity contribution in [2.45, 2.75) is 45.8 Å². The quantitative estimate of drug-likeness (QED) is 0.387. The minimum absolute atomic E-state index is 0.00191. The van der Waals surface area contributed by atoms with Crippen molar-refractivity contribution in [3.05, 3.63) is 83.8 Å². The zero-order chi connectivity index (χ0) is 23.9. The number of furan rings is 1. The highest BCUT2D eigenvalue weighted by Gasteiger charge is 2.32. The van der Waals surface area contributed by atoms with Crippen LogP contribution in [0.1, 0.15) is 42.7 Å². The number of hydrogen-bond donors (Lipinski definition) is 1. The fourth-order valence-electron chi connectivity index (χ4n) is 4.01. The number of fused-ring (bicyclic) bond motifs is 1. The van der Waals surface area contributed by atoms with Gasteiger partial charge in [0.25, 0.3) is 0 Å². The topological polar surface area (TPSA) is 93.3 Å². The predicted octanol–water partition coefficient (Wildman–Crippen LogP) is 4.02. The van der Waals surface area contributed by atoms with Gasteiger partial charge in [-0.05, 0) is 48.7 Å². The summed E-state index contributed by atoms with van der Waals surface area (Å²) >= 11 is 0. The molecule has 0 spiro atoms. The van der Waals surface area contributed by atoms with E-state index in [9.17, 15) is 9.59 Å². The Balaban J connectivity index is 1.65. The Morgan fingerprint density at radius 2 is 1.88 bits per heavy atom. The van der Waals surface area contributed by atoms with Crippen LogP contribution in [0.25, 0.3) is 11.0 Å². The summed E-state index contributed by atoms with van der Waals surface area (Å²) in [6.45, 7) is 4.72. The largest absolute Gasteiger partial charge is 0.467 e. The highest BCUT2D eigenvalue weighted by molar-refractivity contribution is 5.89. The number of unbranched alkanes of at least 4 members (excludes halogenated alkanes) is 1. The lowest BCUT2D eigenvalue weighted by molar-refractivity contribution is -0.141. The number of benzene rings is 2. The Kier molecular flexibility index (Phi) is 7.37. The van der Waals surface area contributed by atoms with Gasteiger partial charge in [0.2, 0.25) is 11.8 Å². The van der Waals surface area contributed by atoms with Crippen molar-refractivity contribution in [2.75, 3.05) is 6.54 Å². The van der Waals surface area contributed by atoms with Gasteiger partial charge >= 0.3 is 0 Å². The molecule has 8 heteroatoms. The molecule has 4 rings (SSSR count). The lowest BCUT2D eigenvalue weighted by atomic mass is 9.98. The van der Waals surface area contributed by atoms with Crippen LogP contribution in [0.2, 0.25) is 0 Å². The summed E-state index contributed by atoms with van der Waals surface area (Å²) in [4.78, 5) is 28.9. The number of para-hydroxylation sites is 1. The van der Waals surface area contributed by atoms with Crippen LogP contribution >= 0.6 is 0 Å². The van der Waals surface area contributed by atoms with E-state index >= 15 is 0 Å². The molecule has 0 aliphatic rings. The van der Waals surface area contributed by atoms with Crippen LogP contribution in [0.15, 0.2) is 71.3 Å². The molecule has 4 aromatic rings. The van der Waals surface area contributed by atoms with Gasteiger partial charge in [-0.25, -0.2) is 4.68 Å². The standard InChI is InChI=1S/C26H29N5O3/c1-3-4-15-30(24(32)18-31-23-14-8-7-13-22(23)28-29-31)25(21-12-6-5-10-19(21)2)26(33)27-17-20-11-9-16-34-20/h5-14,16,25H,3-4,15,17-18H2,1-2H3,(H,27,33). The summed E-state index contributed by atoms with van der Waals surface area (Å²) in [5.74, 6) is 0.210. The molecule has 8 nitrogen and oxygen atoms in total. The van der Waals surface area contributed by atoms with Crippen LogP contribution in [0.5, 0.6) is 0 Å². The third-order valence-electron chi connectivity index (χ3n) is 5.84. The van der Waals surface area contributed by atoms with Gasteiger partial charge in [-0.1, -0.05) is 55.0 Å². The third kappa shape index (κ3) is 5.17. The van der Waals surface area contributed by atoms with Crippen molar-refractivity contribution in [1.82, 2.24) is 25.2 Å². The first-order chi connectivity index (χ1) is 16.6. The average Bonchev–Trinajstić information content (AvgIpc) is 3.51. The molecule has 1 unspecified atom stereocenters. The smallest absolute Gasteiger partial charge is 0.247 e. The molecule has 34 heavy (non-hydrogen) atoms. The monoisotopic (exact) mass is 459 g/mol. The fourth-order valence-corrected chi connectivity index (χ4v) is 4.01. The number of amides is 2. The van der Waals surface area contributed by atoms with Gasteiger partial charge in [0.05, 0.1) is 18.3 Å². The van der Waals surface area contributed by atoms with E-state index in [0.29, 0.717) is 12.3 Å². The van der Waals surface area contributed by atoms with Crippen molar-refractivity contribution in [1.29, 1.82) is 0 Å². The summed E-state index contributed by atoms with van der Waals surface area (Å²) in [5, 5.41) is 11.3. The van der Waals surface area contributed by atoms with Crippen LogP contribution < -0.4 is 5.32 Å². The molecule has 0 aliphatic heterocycles. The summed E-state index contributed by atoms with van der Waals surface area (Å²) in [6.07, 6.45) is 3.24. The second-order valence-corrected chi connectivity index (χ2v) is 8.23. The van der Waals surface area contributed by atoms with E-state index in [0.717, 1.165) is 35.0 Å². The number of hydrogen-bond acceptors (Lipinski definition) is 5. The minimum Gasteiger partial charge on any atom is -0.467 e. The van der Waals surface area contributed by atoms with Gasteiger partial charge in [-0.2, -0.15) is 0 Å². The molecule has 2 amide bonds. The summed E-state index contributed by atoms with van der Waals surface area (Å²) < 4.78 is 6.95. The number of nitrogens with zero attached hydrogens (tertiary/aromatic N) is 4. The van der Waals surface area contributed by atoms with Crippen LogP contribution in [0, 0.1) is 6.92 Å². The molecule has 0 saturated heterocycles. The van der Waals surface area contributed by atoms with E-state index in [1.807, 2.05) is 55.5 Å². The number of aryl methyl sites for hydroxylation is 1. The van der Waals surface area contributed by atoms with E-state index in [1.165, 1.54) is 0 Å². The van der Waals surface area contributed by atoms with Crippen molar-refractivity contribution in [3.8, 4) is 0 Å². The van der Waals surface area contributed by atoms with Gasteiger partial charge in [-0.3, -0.25) is 9.59 Å². The van der Waals surface area contributed by atoms with Crippen LogP contribution in [-0.4, -0.2) is 38.3 Å². The normalized spacial score (nSPS) is 11.9. The molecule has 2 aromatic heterocycles. The molecule has 2 heterocycles. The second kappa shape index (κ2) is 10.8. The molecule has 176 valence electrons. The van der Waals surface area contributed by atoms with Gasteiger partial charge in [0.15, 0.2) is 0 Å². The number of aromatic nitrogens is 3. The first kappa shape index (κ1) is 23.2. The molecule has 1 atom stereocenters. The minimum atomic E-state index is -0.773. The zero-order valence-corrected chi connectivity index (χ0v) is 19.5. The Morgan fingerprint density at radius 3 is 2.65 bits per heavy atom. The highest BCUT2D eigenvalue weighted by atomic mass is 16.3. The van der Waals surface area contributed by atoms with Crippen molar-refractivity contribution >= 4 is 22.8 Å². The SMILES string of the molecule is CCCCN(C(=O)Cn1nnc2ccccc21)C(C(=O)NCc1ccco1)c1ccccc1C. The molecule has 0 radical (unpaired) electrons. The average molecular weight is 460 g/mol. The maximum Gasteiger partial charge on any atom is 0.247 e. The summed E-state index contributed by atoms with van der Waals surface area (Å²) in [7, 11) is 0. The summed E-state index contributed by atoms with van der Waals surface area (Å²) in [5.41, 5.74) is 3.25. The van der Waals surface area contributed by atoms with Crippen LogP contribution in [0.4, 0.5) is 0 Å². The lowest BCUT2D eigenvalue weighted by Gasteiger charge is -2.32. The third-order valence-corrected chi connectivity index (χ3v) is 5.84. The van der Waals surface area contributed by atoms with E-state index in [4.69, 9.17) is 4.42 Å². The Hall–Kier alpha value is -3.94. The van der Waals surface area contributed by atoms with E-state index in [1.54, 1.807) is 28.0 Å². The second-order valence-electron chi connectivity index (χ2n) is 8.23. The van der Waals surface area contributed by atoms with Crippen LogP contribution in [0.3, 0.4) is 0 Å². The fraction of sp³-hybridized carbons (Fsp3) is 0.308. The maximum absolute atomic E-state index is 13.7. The molecule has 0 bridgehead atoms. The first-order valence-electron chi connectivity index (χ1n) is 11.5.